The molecular formula is C25H31N3O3. The van der Waals surface area contributed by atoms with Gasteiger partial charge in [-0.3, -0.25) is 4.90 Å². The summed E-state index contributed by atoms with van der Waals surface area (Å²) in [4.78, 5) is 19.7. The third-order valence-corrected chi connectivity index (χ3v) is 6.55. The van der Waals surface area contributed by atoms with Gasteiger partial charge in [0, 0.05) is 48.3 Å². The molecule has 2 aromatic carbocycles. The molecule has 31 heavy (non-hydrogen) atoms. The van der Waals surface area contributed by atoms with Crippen molar-refractivity contribution in [2.75, 3.05) is 33.3 Å². The minimum absolute atomic E-state index is 0.222. The van der Waals surface area contributed by atoms with Gasteiger partial charge in [-0.1, -0.05) is 19.1 Å². The zero-order chi connectivity index (χ0) is 22.0. The van der Waals surface area contributed by atoms with E-state index < -0.39 is 5.97 Å². The number of carbonyl (C=O) groups is 1. The van der Waals surface area contributed by atoms with E-state index in [0.717, 1.165) is 50.4 Å². The van der Waals surface area contributed by atoms with Crippen LogP contribution in [0.25, 0.3) is 10.9 Å². The average molecular weight is 422 g/mol. The number of hydrogen-bond donors (Lipinski definition) is 2. The first kappa shape index (κ1) is 21.4. The van der Waals surface area contributed by atoms with E-state index in [1.54, 1.807) is 19.2 Å². The van der Waals surface area contributed by atoms with Crippen molar-refractivity contribution in [3.63, 3.8) is 0 Å². The fourth-order valence-electron chi connectivity index (χ4n) is 4.74. The van der Waals surface area contributed by atoms with Gasteiger partial charge in [-0.15, -0.1) is 0 Å². The molecule has 2 N–H and O–H groups in total. The predicted octanol–water partition coefficient (Wildman–Crippen LogP) is 4.45. The first-order valence-electron chi connectivity index (χ1n) is 10.9. The Labute approximate surface area is 183 Å². The van der Waals surface area contributed by atoms with Crippen molar-refractivity contribution < 1.29 is 14.6 Å². The van der Waals surface area contributed by atoms with Crippen molar-refractivity contribution in [2.24, 2.45) is 0 Å². The average Bonchev–Trinajstić information content (AvgIpc) is 3.19. The summed E-state index contributed by atoms with van der Waals surface area (Å²) in [7, 11) is 1.74. The Morgan fingerprint density at radius 1 is 1.19 bits per heavy atom. The number of methoxy groups -OCH3 is 1. The molecule has 164 valence electrons. The standard InChI is InChI=1S/C25H31N3O3/c1-4-27-12-10-22(18-5-7-19(8-6-18)25(29)30)28(14-13-27)16-21-20-9-11-26-24(20)17(2)15-23(21)31-3/h5-9,11,15,22,26H,4,10,12-14,16H2,1-3H3,(H,29,30). The summed E-state index contributed by atoms with van der Waals surface area (Å²) >= 11 is 0. The van der Waals surface area contributed by atoms with Crippen molar-refractivity contribution in [2.45, 2.75) is 32.9 Å². The van der Waals surface area contributed by atoms with Crippen molar-refractivity contribution in [3.8, 4) is 5.75 Å². The summed E-state index contributed by atoms with van der Waals surface area (Å²) < 4.78 is 5.79. The summed E-state index contributed by atoms with van der Waals surface area (Å²) in [5, 5.41) is 10.5. The second-order valence-electron chi connectivity index (χ2n) is 8.28. The third kappa shape index (κ3) is 4.31. The van der Waals surface area contributed by atoms with Gasteiger partial charge in [0.2, 0.25) is 0 Å². The highest BCUT2D eigenvalue weighted by Gasteiger charge is 2.27. The minimum Gasteiger partial charge on any atom is -0.496 e. The summed E-state index contributed by atoms with van der Waals surface area (Å²) in [5.74, 6) is 0.0295. The summed E-state index contributed by atoms with van der Waals surface area (Å²) in [6, 6.07) is 11.8. The van der Waals surface area contributed by atoms with Gasteiger partial charge in [-0.05, 0) is 61.8 Å². The van der Waals surface area contributed by atoms with E-state index in [4.69, 9.17) is 4.74 Å². The van der Waals surface area contributed by atoms with Gasteiger partial charge in [0.25, 0.3) is 0 Å². The number of nitrogens with zero attached hydrogens (tertiary/aromatic N) is 2. The predicted molar refractivity (Wildman–Crippen MR) is 123 cm³/mol. The molecule has 1 aliphatic heterocycles. The van der Waals surface area contributed by atoms with Crippen LogP contribution in [-0.2, 0) is 6.54 Å². The summed E-state index contributed by atoms with van der Waals surface area (Å²) in [6.45, 7) is 9.12. The van der Waals surface area contributed by atoms with Crippen LogP contribution in [0.1, 0.15) is 46.4 Å². The van der Waals surface area contributed by atoms with Crippen LogP contribution >= 0.6 is 0 Å². The molecule has 4 rings (SSSR count). The van der Waals surface area contributed by atoms with Crippen LogP contribution < -0.4 is 4.74 Å². The Morgan fingerprint density at radius 3 is 2.65 bits per heavy atom. The van der Waals surface area contributed by atoms with Gasteiger partial charge < -0.3 is 19.7 Å². The van der Waals surface area contributed by atoms with Crippen LogP contribution in [0.15, 0.2) is 42.6 Å². The zero-order valence-corrected chi connectivity index (χ0v) is 18.5. The van der Waals surface area contributed by atoms with Gasteiger partial charge in [0.05, 0.1) is 12.7 Å². The molecule has 1 unspecified atom stereocenters. The van der Waals surface area contributed by atoms with Gasteiger partial charge in [0.15, 0.2) is 0 Å². The molecule has 1 aromatic heterocycles. The molecule has 0 amide bonds. The van der Waals surface area contributed by atoms with Crippen LogP contribution in [0.4, 0.5) is 0 Å². The van der Waals surface area contributed by atoms with Crippen LogP contribution in [0.5, 0.6) is 5.75 Å². The van der Waals surface area contributed by atoms with Gasteiger partial charge in [0.1, 0.15) is 5.75 Å². The number of hydrogen-bond acceptors (Lipinski definition) is 4. The Morgan fingerprint density at radius 2 is 1.97 bits per heavy atom. The first-order valence-corrected chi connectivity index (χ1v) is 10.9. The van der Waals surface area contributed by atoms with E-state index in [9.17, 15) is 9.90 Å². The normalized spacial score (nSPS) is 18.2. The molecule has 2 heterocycles. The largest absolute Gasteiger partial charge is 0.496 e. The topological polar surface area (TPSA) is 68.8 Å². The van der Waals surface area contributed by atoms with Crippen LogP contribution in [0, 0.1) is 6.92 Å². The lowest BCUT2D eigenvalue weighted by Crippen LogP contribution is -2.32. The van der Waals surface area contributed by atoms with Gasteiger partial charge in [-0.2, -0.15) is 0 Å². The molecular weight excluding hydrogens is 390 g/mol. The minimum atomic E-state index is -0.888. The number of H-pyrrole nitrogens is 1. The van der Waals surface area contributed by atoms with Gasteiger partial charge >= 0.3 is 5.97 Å². The lowest BCUT2D eigenvalue weighted by Gasteiger charge is -2.31. The smallest absolute Gasteiger partial charge is 0.335 e. The van der Waals surface area contributed by atoms with E-state index in [1.807, 2.05) is 18.3 Å². The van der Waals surface area contributed by atoms with E-state index in [2.05, 4.69) is 40.8 Å². The number of fused-ring (bicyclic) bond motifs is 1. The molecule has 1 atom stereocenters. The van der Waals surface area contributed by atoms with E-state index in [1.165, 1.54) is 22.1 Å². The molecule has 0 saturated carbocycles. The number of nitrogens with one attached hydrogen (secondary N) is 1. The van der Waals surface area contributed by atoms with Crippen LogP contribution in [0.3, 0.4) is 0 Å². The summed E-state index contributed by atoms with van der Waals surface area (Å²) in [5.41, 5.74) is 5.02. The van der Waals surface area contributed by atoms with E-state index in [-0.39, 0.29) is 6.04 Å². The molecule has 1 fully saturated rings. The second kappa shape index (κ2) is 9.12. The number of benzene rings is 2. The fourth-order valence-corrected chi connectivity index (χ4v) is 4.74. The molecule has 0 aliphatic carbocycles. The number of carboxylic acids is 1. The highest BCUT2D eigenvalue weighted by atomic mass is 16.5. The molecule has 1 aliphatic rings. The van der Waals surface area contributed by atoms with Crippen molar-refractivity contribution in [3.05, 3.63) is 64.8 Å². The monoisotopic (exact) mass is 421 g/mol. The maximum atomic E-state index is 11.3. The number of aromatic amines is 1. The molecule has 3 aromatic rings. The second-order valence-corrected chi connectivity index (χ2v) is 8.28. The van der Waals surface area contributed by atoms with Crippen LogP contribution in [-0.4, -0.2) is 59.1 Å². The zero-order valence-electron chi connectivity index (χ0n) is 18.5. The lowest BCUT2D eigenvalue weighted by atomic mass is 9.98. The maximum absolute atomic E-state index is 11.3. The number of rotatable bonds is 6. The quantitative estimate of drug-likeness (QED) is 0.615. The van der Waals surface area contributed by atoms with E-state index >= 15 is 0 Å². The van der Waals surface area contributed by atoms with Crippen molar-refractivity contribution in [1.82, 2.24) is 14.8 Å². The highest BCUT2D eigenvalue weighted by molar-refractivity contribution is 5.88. The number of aromatic nitrogens is 1. The maximum Gasteiger partial charge on any atom is 0.335 e. The molecule has 0 spiro atoms. The SMILES string of the molecule is CCN1CCC(c2ccc(C(=O)O)cc2)N(Cc2c(OC)cc(C)c3[nH]ccc23)CC1. The Balaban J connectivity index is 1.71. The number of aromatic carboxylic acids is 1. The molecule has 0 radical (unpaired) electrons. The number of likely N-dealkylation sites (N-methyl/N-ethyl adjacent to an activating group) is 1. The lowest BCUT2D eigenvalue weighted by molar-refractivity contribution is 0.0697. The van der Waals surface area contributed by atoms with Gasteiger partial charge in [-0.25, -0.2) is 4.79 Å². The van der Waals surface area contributed by atoms with Crippen LogP contribution in [0.2, 0.25) is 0 Å². The Bertz CT molecular complexity index is 1060. The molecule has 0 bridgehead atoms. The number of aryl methyl sites for hydroxylation is 1. The molecule has 6 nitrogen and oxygen atoms in total. The Kier molecular flexibility index (Phi) is 6.30. The number of ether oxygens (including phenoxy) is 1. The van der Waals surface area contributed by atoms with Crippen molar-refractivity contribution in [1.29, 1.82) is 0 Å². The Hall–Kier alpha value is -2.83. The number of carboxylic acid groups (broad SMARTS) is 1. The fraction of sp³-hybridized carbons (Fsp3) is 0.400. The molecule has 1 saturated heterocycles. The highest BCUT2D eigenvalue weighted by Crippen LogP contribution is 2.35. The van der Waals surface area contributed by atoms with Crippen molar-refractivity contribution >= 4 is 16.9 Å². The first-order chi connectivity index (χ1) is 15.0. The molecule has 6 heteroatoms. The third-order valence-electron chi connectivity index (χ3n) is 6.55. The van der Waals surface area contributed by atoms with E-state index in [0.29, 0.717) is 5.56 Å². The summed E-state index contributed by atoms with van der Waals surface area (Å²) in [6.07, 6.45) is 2.99.